The van der Waals surface area contributed by atoms with Gasteiger partial charge in [0.15, 0.2) is 0 Å². The van der Waals surface area contributed by atoms with E-state index in [0.29, 0.717) is 0 Å². The summed E-state index contributed by atoms with van der Waals surface area (Å²) in [7, 11) is 0. The van der Waals surface area contributed by atoms with E-state index in [9.17, 15) is 13.2 Å². The van der Waals surface area contributed by atoms with Crippen molar-refractivity contribution in [2.45, 2.75) is 6.18 Å². The Bertz CT molecular complexity index is 705. The van der Waals surface area contributed by atoms with E-state index < -0.39 is 11.7 Å². The van der Waals surface area contributed by atoms with Gasteiger partial charge in [-0.2, -0.15) is 13.2 Å². The van der Waals surface area contributed by atoms with Gasteiger partial charge in [-0.25, -0.2) is 0 Å². The fraction of sp³-hybridized carbons (Fsp3) is 0.0500. The lowest BCUT2D eigenvalue weighted by molar-refractivity contribution is -0.137. The fourth-order valence-electron chi connectivity index (χ4n) is 2.54. The third kappa shape index (κ3) is 3.45. The Balaban J connectivity index is 2.06. The molecule has 3 aromatic rings. The number of hydrogen-bond acceptors (Lipinski definition) is 0. The largest absolute Gasteiger partial charge is 0.416 e. The van der Waals surface area contributed by atoms with Crippen LogP contribution in [0.15, 0.2) is 84.9 Å². The minimum absolute atomic E-state index is 0.637. The summed E-state index contributed by atoms with van der Waals surface area (Å²) in [4.78, 5) is 0. The maximum atomic E-state index is 12.8. The molecule has 0 saturated heterocycles. The highest BCUT2D eigenvalue weighted by molar-refractivity contribution is 5.57. The first kappa shape index (κ1) is 15.3. The van der Waals surface area contributed by atoms with Gasteiger partial charge < -0.3 is 0 Å². The molecular formula is C20H14F3. The Labute approximate surface area is 133 Å². The van der Waals surface area contributed by atoms with Crippen LogP contribution in [0.4, 0.5) is 13.2 Å². The molecule has 0 amide bonds. The Kier molecular flexibility index (Phi) is 4.20. The van der Waals surface area contributed by atoms with E-state index in [0.717, 1.165) is 34.7 Å². The summed E-state index contributed by atoms with van der Waals surface area (Å²) in [5, 5.41) is 0. The van der Waals surface area contributed by atoms with E-state index in [-0.39, 0.29) is 0 Å². The van der Waals surface area contributed by atoms with Crippen molar-refractivity contribution in [3.63, 3.8) is 0 Å². The molecule has 0 aromatic heterocycles. The average molecular weight is 311 g/mol. The van der Waals surface area contributed by atoms with Gasteiger partial charge in [0.2, 0.25) is 0 Å². The number of benzene rings is 3. The van der Waals surface area contributed by atoms with Crippen LogP contribution in [-0.2, 0) is 6.18 Å². The quantitative estimate of drug-likeness (QED) is 0.542. The Morgan fingerprint density at radius 3 is 1.30 bits per heavy atom. The van der Waals surface area contributed by atoms with Crippen molar-refractivity contribution in [1.82, 2.24) is 0 Å². The predicted molar refractivity (Wildman–Crippen MR) is 84.9 cm³/mol. The van der Waals surface area contributed by atoms with Gasteiger partial charge in [0.1, 0.15) is 0 Å². The topological polar surface area (TPSA) is 0 Å². The second-order valence-electron chi connectivity index (χ2n) is 5.18. The Morgan fingerprint density at radius 1 is 0.522 bits per heavy atom. The van der Waals surface area contributed by atoms with Crippen molar-refractivity contribution in [3.8, 4) is 0 Å². The van der Waals surface area contributed by atoms with Gasteiger partial charge in [-0.1, -0.05) is 72.8 Å². The number of rotatable bonds is 3. The standard InChI is InChI=1S/C20H14F3/c21-20(22,23)18-13-11-17(12-14-18)19(15-7-3-1-4-8-15)16-9-5-2-6-10-16/h1-14H. The maximum Gasteiger partial charge on any atom is 0.416 e. The van der Waals surface area contributed by atoms with Crippen molar-refractivity contribution in [2.24, 2.45) is 0 Å². The van der Waals surface area contributed by atoms with Crippen molar-refractivity contribution in [3.05, 3.63) is 113 Å². The van der Waals surface area contributed by atoms with E-state index in [1.54, 1.807) is 0 Å². The maximum absolute atomic E-state index is 12.8. The monoisotopic (exact) mass is 311 g/mol. The van der Waals surface area contributed by atoms with Gasteiger partial charge in [0.25, 0.3) is 0 Å². The summed E-state index contributed by atoms with van der Waals surface area (Å²) < 4.78 is 38.3. The van der Waals surface area contributed by atoms with Gasteiger partial charge in [0.05, 0.1) is 11.5 Å². The molecule has 0 aliphatic heterocycles. The van der Waals surface area contributed by atoms with Crippen LogP contribution >= 0.6 is 0 Å². The minimum Gasteiger partial charge on any atom is -0.166 e. The average Bonchev–Trinajstić information content (AvgIpc) is 2.57. The molecule has 3 rings (SSSR count). The molecule has 23 heavy (non-hydrogen) atoms. The van der Waals surface area contributed by atoms with Gasteiger partial charge >= 0.3 is 6.18 Å². The van der Waals surface area contributed by atoms with Gasteiger partial charge in [-0.3, -0.25) is 0 Å². The molecule has 0 bridgehead atoms. The van der Waals surface area contributed by atoms with Crippen molar-refractivity contribution in [2.75, 3.05) is 0 Å². The van der Waals surface area contributed by atoms with Gasteiger partial charge in [-0.15, -0.1) is 0 Å². The highest BCUT2D eigenvalue weighted by atomic mass is 19.4. The molecular weight excluding hydrogens is 297 g/mol. The zero-order chi connectivity index (χ0) is 16.3. The number of hydrogen-bond donors (Lipinski definition) is 0. The molecule has 0 nitrogen and oxygen atoms in total. The Morgan fingerprint density at radius 2 is 0.913 bits per heavy atom. The molecule has 0 aliphatic rings. The summed E-state index contributed by atoms with van der Waals surface area (Å²) >= 11 is 0. The van der Waals surface area contributed by atoms with Crippen LogP contribution < -0.4 is 0 Å². The first-order valence-electron chi connectivity index (χ1n) is 7.21. The van der Waals surface area contributed by atoms with Crippen molar-refractivity contribution in [1.29, 1.82) is 0 Å². The second kappa shape index (κ2) is 6.29. The molecule has 0 fully saturated rings. The molecule has 1 radical (unpaired) electrons. The zero-order valence-corrected chi connectivity index (χ0v) is 12.2. The molecule has 0 N–H and O–H groups in total. The summed E-state index contributed by atoms with van der Waals surface area (Å²) in [5.74, 6) is 0.917. The van der Waals surface area contributed by atoms with Gasteiger partial charge in [-0.05, 0) is 28.8 Å². The minimum atomic E-state index is -4.32. The molecule has 115 valence electrons. The molecule has 0 atom stereocenters. The first-order valence-corrected chi connectivity index (χ1v) is 7.21. The van der Waals surface area contributed by atoms with Crippen LogP contribution in [0.1, 0.15) is 22.3 Å². The van der Waals surface area contributed by atoms with Gasteiger partial charge in [0, 0.05) is 0 Å². The third-order valence-electron chi connectivity index (χ3n) is 3.63. The van der Waals surface area contributed by atoms with E-state index >= 15 is 0 Å². The molecule has 3 heteroatoms. The van der Waals surface area contributed by atoms with E-state index in [1.165, 1.54) is 12.1 Å². The summed E-state index contributed by atoms with van der Waals surface area (Å²) in [6, 6.07) is 24.6. The molecule has 0 unspecified atom stereocenters. The molecule has 0 spiro atoms. The van der Waals surface area contributed by atoms with Crippen molar-refractivity contribution >= 4 is 0 Å². The Hall–Kier alpha value is -2.55. The van der Waals surface area contributed by atoms with Crippen molar-refractivity contribution < 1.29 is 13.2 Å². The van der Waals surface area contributed by atoms with Crippen LogP contribution in [0, 0.1) is 5.92 Å². The number of halogens is 3. The van der Waals surface area contributed by atoms with E-state index in [1.807, 2.05) is 60.7 Å². The smallest absolute Gasteiger partial charge is 0.166 e. The van der Waals surface area contributed by atoms with Crippen LogP contribution in [0.2, 0.25) is 0 Å². The lowest BCUT2D eigenvalue weighted by Gasteiger charge is -2.18. The molecule has 0 saturated carbocycles. The van der Waals surface area contributed by atoms with Crippen LogP contribution in [0.5, 0.6) is 0 Å². The molecule has 0 aliphatic carbocycles. The second-order valence-corrected chi connectivity index (χ2v) is 5.18. The molecule has 3 aromatic carbocycles. The summed E-state index contributed by atoms with van der Waals surface area (Å²) in [6.07, 6.45) is -4.32. The molecule has 0 heterocycles. The fourth-order valence-corrected chi connectivity index (χ4v) is 2.54. The summed E-state index contributed by atoms with van der Waals surface area (Å²) in [5.41, 5.74) is 2.06. The van der Waals surface area contributed by atoms with Crippen LogP contribution in [0.25, 0.3) is 0 Å². The highest BCUT2D eigenvalue weighted by Crippen LogP contribution is 2.34. The first-order chi connectivity index (χ1) is 11.1. The van der Waals surface area contributed by atoms with Crippen LogP contribution in [0.3, 0.4) is 0 Å². The number of alkyl halides is 3. The normalized spacial score (nSPS) is 11.7. The highest BCUT2D eigenvalue weighted by Gasteiger charge is 2.30. The summed E-state index contributed by atoms with van der Waals surface area (Å²) in [6.45, 7) is 0. The zero-order valence-electron chi connectivity index (χ0n) is 12.2. The lowest BCUT2D eigenvalue weighted by atomic mass is 9.85. The van der Waals surface area contributed by atoms with E-state index in [4.69, 9.17) is 0 Å². The lowest BCUT2D eigenvalue weighted by Crippen LogP contribution is -2.07. The van der Waals surface area contributed by atoms with E-state index in [2.05, 4.69) is 0 Å². The van der Waals surface area contributed by atoms with Crippen LogP contribution in [-0.4, -0.2) is 0 Å². The predicted octanol–water partition coefficient (Wildman–Crippen LogP) is 5.72. The SMILES string of the molecule is FC(F)(F)c1ccc([C](c2ccccc2)c2ccccc2)cc1. The third-order valence-corrected chi connectivity index (χ3v) is 3.63.